The predicted molar refractivity (Wildman–Crippen MR) is 110 cm³/mol. The van der Waals surface area contributed by atoms with Gasteiger partial charge in [-0.1, -0.05) is 53.5 Å². The van der Waals surface area contributed by atoms with Gasteiger partial charge in [0.15, 0.2) is 6.17 Å². The van der Waals surface area contributed by atoms with Gasteiger partial charge in [-0.25, -0.2) is 0 Å². The number of aromatic nitrogens is 2. The smallest absolute Gasteiger partial charge is 0.318 e. The molecule has 150 valence electrons. The molecule has 0 saturated carbocycles. The first-order chi connectivity index (χ1) is 13.9. The Kier molecular flexibility index (Phi) is 5.08. The van der Waals surface area contributed by atoms with Crippen LogP contribution in [-0.2, 0) is 16.2 Å². The van der Waals surface area contributed by atoms with E-state index in [1.807, 2.05) is 30.3 Å². The number of nitrogens with zero attached hydrogens (tertiary/aromatic N) is 2. The standard InChI is InChI=1S/C19H16Cl2N4O4/c1-10(26)25(29-9-11-5-3-2-4-6-11)14-8-22-16-15(21)12(20)7-13-17(16)24(14)19(28)18(27)23-13/h2-7,14,22H,8-9H2,1H3,(H,23,27). The van der Waals surface area contributed by atoms with Gasteiger partial charge in [-0.3, -0.25) is 23.8 Å². The van der Waals surface area contributed by atoms with E-state index in [2.05, 4.69) is 10.3 Å². The number of benzene rings is 2. The van der Waals surface area contributed by atoms with Crippen LogP contribution >= 0.6 is 23.2 Å². The van der Waals surface area contributed by atoms with E-state index in [0.717, 1.165) is 10.6 Å². The van der Waals surface area contributed by atoms with Crippen LogP contribution in [0.1, 0.15) is 18.7 Å². The van der Waals surface area contributed by atoms with E-state index >= 15 is 0 Å². The van der Waals surface area contributed by atoms with Gasteiger partial charge in [0.05, 0.1) is 33.3 Å². The molecule has 0 saturated heterocycles. The van der Waals surface area contributed by atoms with Crippen molar-refractivity contribution in [1.29, 1.82) is 0 Å². The molecular formula is C19H16Cl2N4O4. The van der Waals surface area contributed by atoms with Crippen LogP contribution in [-0.4, -0.2) is 27.1 Å². The third-order valence-corrected chi connectivity index (χ3v) is 5.44. The van der Waals surface area contributed by atoms with Crippen LogP contribution in [0.2, 0.25) is 10.0 Å². The molecule has 1 amide bonds. The lowest BCUT2D eigenvalue weighted by Crippen LogP contribution is -2.49. The Bertz CT molecular complexity index is 1220. The number of H-pyrrole nitrogens is 1. The summed E-state index contributed by atoms with van der Waals surface area (Å²) in [6, 6.07) is 10.7. The first-order valence-electron chi connectivity index (χ1n) is 8.75. The monoisotopic (exact) mass is 434 g/mol. The molecular weight excluding hydrogens is 419 g/mol. The lowest BCUT2D eigenvalue weighted by molar-refractivity contribution is -0.213. The van der Waals surface area contributed by atoms with E-state index < -0.39 is 23.2 Å². The van der Waals surface area contributed by atoms with Gasteiger partial charge in [0, 0.05) is 6.92 Å². The van der Waals surface area contributed by atoms with Gasteiger partial charge in [-0.05, 0) is 11.6 Å². The van der Waals surface area contributed by atoms with Crippen molar-refractivity contribution in [3.05, 3.63) is 72.7 Å². The molecule has 2 N–H and O–H groups in total. The van der Waals surface area contributed by atoms with Crippen molar-refractivity contribution in [2.45, 2.75) is 19.7 Å². The zero-order valence-electron chi connectivity index (χ0n) is 15.2. The minimum Gasteiger partial charge on any atom is -0.378 e. The van der Waals surface area contributed by atoms with Crippen LogP contribution in [0.5, 0.6) is 0 Å². The Balaban J connectivity index is 1.84. The highest BCUT2D eigenvalue weighted by atomic mass is 35.5. The highest BCUT2D eigenvalue weighted by Crippen LogP contribution is 2.39. The highest BCUT2D eigenvalue weighted by molar-refractivity contribution is 6.45. The van der Waals surface area contributed by atoms with Crippen LogP contribution in [0.4, 0.5) is 5.69 Å². The summed E-state index contributed by atoms with van der Waals surface area (Å²) in [5.41, 5.74) is 0.266. The Hall–Kier alpha value is -2.81. The Morgan fingerprint density at radius 1 is 1.28 bits per heavy atom. The maximum absolute atomic E-state index is 12.7. The van der Waals surface area contributed by atoms with Crippen molar-refractivity contribution in [2.24, 2.45) is 0 Å². The number of anilines is 1. The minimum absolute atomic E-state index is 0.0971. The Morgan fingerprint density at radius 2 is 2.00 bits per heavy atom. The Labute approximate surface area is 174 Å². The maximum atomic E-state index is 12.7. The minimum atomic E-state index is -0.891. The van der Waals surface area contributed by atoms with Gasteiger partial charge in [0.1, 0.15) is 6.61 Å². The zero-order chi connectivity index (χ0) is 20.7. The average molecular weight is 435 g/mol. The molecule has 1 aromatic heterocycles. The van der Waals surface area contributed by atoms with E-state index in [0.29, 0.717) is 16.7 Å². The molecule has 2 heterocycles. The topological polar surface area (TPSA) is 96.4 Å². The molecule has 8 nitrogen and oxygen atoms in total. The molecule has 2 aromatic carbocycles. The summed E-state index contributed by atoms with van der Waals surface area (Å²) < 4.78 is 1.22. The summed E-state index contributed by atoms with van der Waals surface area (Å²) in [7, 11) is 0. The average Bonchev–Trinajstić information content (AvgIpc) is 2.70. The van der Waals surface area contributed by atoms with Crippen LogP contribution in [0.25, 0.3) is 11.0 Å². The molecule has 3 aromatic rings. The SMILES string of the molecule is CC(=O)N(OCc1ccccc1)C1CNc2c(Cl)c(Cl)cc3[nH]c(=O)c(=O)n1c23. The van der Waals surface area contributed by atoms with Gasteiger partial charge in [-0.15, -0.1) is 0 Å². The van der Waals surface area contributed by atoms with Gasteiger partial charge in [0.2, 0.25) is 5.91 Å². The molecule has 0 fully saturated rings. The molecule has 1 aliphatic heterocycles. The van der Waals surface area contributed by atoms with E-state index in [9.17, 15) is 14.4 Å². The van der Waals surface area contributed by atoms with Crippen LogP contribution in [0.15, 0.2) is 46.0 Å². The largest absolute Gasteiger partial charge is 0.378 e. The summed E-state index contributed by atoms with van der Waals surface area (Å²) in [5, 5.41) is 4.63. The number of rotatable bonds is 4. The van der Waals surface area contributed by atoms with Crippen LogP contribution < -0.4 is 16.4 Å². The van der Waals surface area contributed by atoms with Crippen molar-refractivity contribution in [2.75, 3.05) is 11.9 Å². The predicted octanol–water partition coefficient (Wildman–Crippen LogP) is 2.90. The summed E-state index contributed by atoms with van der Waals surface area (Å²) in [6.45, 7) is 1.54. The van der Waals surface area contributed by atoms with E-state index in [4.69, 9.17) is 28.0 Å². The van der Waals surface area contributed by atoms with Crippen molar-refractivity contribution >= 4 is 45.8 Å². The fourth-order valence-electron chi connectivity index (χ4n) is 3.37. The molecule has 0 aliphatic carbocycles. The number of nitrogens with one attached hydrogen (secondary N) is 2. The number of aromatic amines is 1. The lowest BCUT2D eigenvalue weighted by atomic mass is 10.2. The summed E-state index contributed by atoms with van der Waals surface area (Å²) in [4.78, 5) is 45.5. The van der Waals surface area contributed by atoms with Gasteiger partial charge >= 0.3 is 11.1 Å². The van der Waals surface area contributed by atoms with Crippen LogP contribution in [0, 0.1) is 0 Å². The third-order valence-electron chi connectivity index (χ3n) is 4.65. The molecule has 0 bridgehead atoms. The van der Waals surface area contributed by atoms with E-state index in [1.165, 1.54) is 17.6 Å². The number of hydrogen-bond acceptors (Lipinski definition) is 5. The second kappa shape index (κ2) is 7.55. The molecule has 1 aliphatic rings. The quantitative estimate of drug-likeness (QED) is 0.486. The normalized spacial score (nSPS) is 15.2. The molecule has 10 heteroatoms. The van der Waals surface area contributed by atoms with Crippen molar-refractivity contribution in [1.82, 2.24) is 14.6 Å². The first-order valence-corrected chi connectivity index (χ1v) is 9.51. The van der Waals surface area contributed by atoms with Gasteiger partial charge < -0.3 is 10.3 Å². The molecule has 1 atom stereocenters. The molecule has 4 rings (SSSR count). The Morgan fingerprint density at radius 3 is 2.69 bits per heavy atom. The third kappa shape index (κ3) is 3.39. The second-order valence-electron chi connectivity index (χ2n) is 6.54. The first kappa shape index (κ1) is 19.5. The molecule has 0 radical (unpaired) electrons. The van der Waals surface area contributed by atoms with E-state index in [-0.39, 0.29) is 23.2 Å². The zero-order valence-corrected chi connectivity index (χ0v) is 16.8. The number of amides is 1. The molecule has 1 unspecified atom stereocenters. The number of hydrogen-bond donors (Lipinski definition) is 2. The maximum Gasteiger partial charge on any atom is 0.318 e. The highest BCUT2D eigenvalue weighted by Gasteiger charge is 2.32. The lowest BCUT2D eigenvalue weighted by Gasteiger charge is -2.35. The van der Waals surface area contributed by atoms with Gasteiger partial charge in [-0.2, -0.15) is 5.06 Å². The van der Waals surface area contributed by atoms with Crippen LogP contribution in [0.3, 0.4) is 0 Å². The second-order valence-corrected chi connectivity index (χ2v) is 7.32. The number of carbonyl (C=O) groups is 1. The number of carbonyl (C=O) groups excluding carboxylic acids is 1. The summed E-state index contributed by atoms with van der Waals surface area (Å²) in [5.74, 6) is -0.420. The fraction of sp³-hybridized carbons (Fsp3) is 0.211. The fourth-order valence-corrected chi connectivity index (χ4v) is 3.79. The van der Waals surface area contributed by atoms with Crippen molar-refractivity contribution in [3.8, 4) is 0 Å². The summed E-state index contributed by atoms with van der Waals surface area (Å²) in [6.07, 6.45) is -0.891. The van der Waals surface area contributed by atoms with E-state index in [1.54, 1.807) is 0 Å². The number of hydroxylamine groups is 2. The van der Waals surface area contributed by atoms with Crippen molar-refractivity contribution in [3.63, 3.8) is 0 Å². The molecule has 0 spiro atoms. The number of halogens is 2. The van der Waals surface area contributed by atoms with Gasteiger partial charge in [0.25, 0.3) is 0 Å². The molecule has 29 heavy (non-hydrogen) atoms. The van der Waals surface area contributed by atoms with Crippen molar-refractivity contribution < 1.29 is 9.63 Å². The summed E-state index contributed by atoms with van der Waals surface area (Å²) >= 11 is 12.4.